The van der Waals surface area contributed by atoms with Gasteiger partial charge in [-0.2, -0.15) is 10.2 Å². The molecular formula is C9H10N2. The van der Waals surface area contributed by atoms with Gasteiger partial charge in [-0.1, -0.05) is 18.2 Å². The van der Waals surface area contributed by atoms with E-state index in [-0.39, 0.29) is 5.54 Å². The highest BCUT2D eigenvalue weighted by molar-refractivity contribution is 5.51. The monoisotopic (exact) mass is 146 g/mol. The average Bonchev–Trinajstić information content (AvgIpc) is 2.29. The number of fused-ring (bicyclic) bond motifs is 1. The van der Waals surface area contributed by atoms with Crippen molar-refractivity contribution in [2.45, 2.75) is 19.4 Å². The number of rotatable bonds is 0. The normalized spacial score (nSPS) is 18.4. The minimum atomic E-state index is -0.114. The molecule has 0 amide bonds. The van der Waals surface area contributed by atoms with Crippen molar-refractivity contribution in [1.82, 2.24) is 0 Å². The SMILES string of the molecule is CC1(C)N=Nc2ccccc21. The van der Waals surface area contributed by atoms with E-state index in [1.165, 1.54) is 5.56 Å². The lowest BCUT2D eigenvalue weighted by molar-refractivity contribution is 0.555. The summed E-state index contributed by atoms with van der Waals surface area (Å²) in [5.41, 5.74) is 2.12. The number of hydrogen-bond donors (Lipinski definition) is 0. The van der Waals surface area contributed by atoms with Crippen LogP contribution in [-0.2, 0) is 5.54 Å². The molecule has 0 aliphatic carbocycles. The average molecular weight is 146 g/mol. The lowest BCUT2D eigenvalue weighted by Crippen LogP contribution is -2.08. The van der Waals surface area contributed by atoms with Gasteiger partial charge in [-0.05, 0) is 19.9 Å². The molecule has 0 N–H and O–H groups in total. The maximum atomic E-state index is 4.16. The largest absolute Gasteiger partial charge is 0.178 e. The molecule has 2 nitrogen and oxygen atoms in total. The summed E-state index contributed by atoms with van der Waals surface area (Å²) in [6, 6.07) is 8.08. The number of benzene rings is 1. The first-order chi connectivity index (χ1) is 5.20. The Morgan fingerprint density at radius 2 is 1.91 bits per heavy atom. The number of hydrogen-bond acceptors (Lipinski definition) is 2. The lowest BCUT2D eigenvalue weighted by atomic mass is 9.95. The lowest BCUT2D eigenvalue weighted by Gasteiger charge is -2.12. The van der Waals surface area contributed by atoms with Gasteiger partial charge >= 0.3 is 0 Å². The second-order valence-corrected chi connectivity index (χ2v) is 3.28. The van der Waals surface area contributed by atoms with E-state index in [1.54, 1.807) is 0 Å². The van der Waals surface area contributed by atoms with Gasteiger partial charge in [-0.3, -0.25) is 0 Å². The summed E-state index contributed by atoms with van der Waals surface area (Å²) in [6.45, 7) is 4.14. The van der Waals surface area contributed by atoms with E-state index in [0.717, 1.165) is 5.69 Å². The minimum absolute atomic E-state index is 0.114. The molecule has 2 rings (SSSR count). The van der Waals surface area contributed by atoms with E-state index in [9.17, 15) is 0 Å². The highest BCUT2D eigenvalue weighted by Gasteiger charge is 2.27. The van der Waals surface area contributed by atoms with Crippen molar-refractivity contribution >= 4 is 5.69 Å². The molecule has 1 heterocycles. The van der Waals surface area contributed by atoms with Gasteiger partial charge < -0.3 is 0 Å². The first-order valence-electron chi connectivity index (χ1n) is 3.72. The van der Waals surface area contributed by atoms with Crippen LogP contribution in [0, 0.1) is 0 Å². The molecule has 0 unspecified atom stereocenters. The van der Waals surface area contributed by atoms with Crippen LogP contribution in [0.4, 0.5) is 5.69 Å². The summed E-state index contributed by atoms with van der Waals surface area (Å²) >= 11 is 0. The second-order valence-electron chi connectivity index (χ2n) is 3.28. The van der Waals surface area contributed by atoms with Crippen LogP contribution < -0.4 is 0 Å². The predicted octanol–water partition coefficient (Wildman–Crippen LogP) is 3.02. The summed E-state index contributed by atoms with van der Waals surface area (Å²) in [5, 5.41) is 8.24. The third-order valence-electron chi connectivity index (χ3n) is 1.97. The molecule has 0 spiro atoms. The van der Waals surface area contributed by atoms with Crippen molar-refractivity contribution < 1.29 is 0 Å². The van der Waals surface area contributed by atoms with Crippen molar-refractivity contribution in [3.63, 3.8) is 0 Å². The van der Waals surface area contributed by atoms with E-state index >= 15 is 0 Å². The van der Waals surface area contributed by atoms with Crippen LogP contribution in [0.25, 0.3) is 0 Å². The molecule has 11 heavy (non-hydrogen) atoms. The molecule has 1 aliphatic heterocycles. The smallest absolute Gasteiger partial charge is 0.103 e. The third kappa shape index (κ3) is 0.862. The molecule has 0 aromatic heterocycles. The van der Waals surface area contributed by atoms with Crippen LogP contribution in [0.1, 0.15) is 19.4 Å². The van der Waals surface area contributed by atoms with Crippen molar-refractivity contribution in [1.29, 1.82) is 0 Å². The van der Waals surface area contributed by atoms with Crippen molar-refractivity contribution in [3.8, 4) is 0 Å². The maximum Gasteiger partial charge on any atom is 0.103 e. The van der Waals surface area contributed by atoms with Gasteiger partial charge in [0.15, 0.2) is 0 Å². The Hall–Kier alpha value is -1.18. The predicted molar refractivity (Wildman–Crippen MR) is 44.0 cm³/mol. The molecule has 1 aliphatic rings. The van der Waals surface area contributed by atoms with Crippen LogP contribution in [-0.4, -0.2) is 0 Å². The fourth-order valence-corrected chi connectivity index (χ4v) is 1.31. The number of nitrogens with zero attached hydrogens (tertiary/aromatic N) is 2. The number of azo groups is 1. The summed E-state index contributed by atoms with van der Waals surface area (Å²) < 4.78 is 0. The second kappa shape index (κ2) is 1.91. The molecule has 0 saturated heterocycles. The molecule has 56 valence electrons. The molecule has 0 atom stereocenters. The highest BCUT2D eigenvalue weighted by Crippen LogP contribution is 2.39. The van der Waals surface area contributed by atoms with E-state index in [1.807, 2.05) is 18.2 Å². The van der Waals surface area contributed by atoms with Crippen LogP contribution >= 0.6 is 0 Å². The van der Waals surface area contributed by atoms with Crippen molar-refractivity contribution in [3.05, 3.63) is 29.8 Å². The fourth-order valence-electron chi connectivity index (χ4n) is 1.31. The molecule has 1 aromatic rings. The molecule has 2 heteroatoms. The van der Waals surface area contributed by atoms with Gasteiger partial charge in [-0.15, -0.1) is 0 Å². The molecular weight excluding hydrogens is 136 g/mol. The quantitative estimate of drug-likeness (QED) is 0.537. The van der Waals surface area contributed by atoms with Crippen molar-refractivity contribution in [2.75, 3.05) is 0 Å². The van der Waals surface area contributed by atoms with Gasteiger partial charge in [0.1, 0.15) is 5.54 Å². The Balaban J connectivity index is 2.64. The Bertz CT molecular complexity index is 313. The van der Waals surface area contributed by atoms with E-state index < -0.39 is 0 Å². The summed E-state index contributed by atoms with van der Waals surface area (Å²) in [4.78, 5) is 0. The van der Waals surface area contributed by atoms with Gasteiger partial charge in [0.25, 0.3) is 0 Å². The fraction of sp³-hybridized carbons (Fsp3) is 0.333. The summed E-state index contributed by atoms with van der Waals surface area (Å²) in [6.07, 6.45) is 0. The molecule has 0 saturated carbocycles. The standard InChI is InChI=1S/C9H10N2/c1-9(2)7-5-3-4-6-8(7)10-11-9/h3-6H,1-2H3. The first-order valence-corrected chi connectivity index (χ1v) is 3.72. The van der Waals surface area contributed by atoms with Crippen LogP contribution in [0.2, 0.25) is 0 Å². The zero-order valence-corrected chi connectivity index (χ0v) is 6.70. The van der Waals surface area contributed by atoms with Crippen LogP contribution in [0.3, 0.4) is 0 Å². The Morgan fingerprint density at radius 3 is 2.64 bits per heavy atom. The first kappa shape index (κ1) is 6.53. The highest BCUT2D eigenvalue weighted by atomic mass is 15.2. The molecule has 0 fully saturated rings. The van der Waals surface area contributed by atoms with Gasteiger partial charge in [0.05, 0.1) is 5.69 Å². The zero-order chi connectivity index (χ0) is 7.90. The Kier molecular flexibility index (Phi) is 1.13. The summed E-state index contributed by atoms with van der Waals surface area (Å²) in [5.74, 6) is 0. The Morgan fingerprint density at radius 1 is 1.18 bits per heavy atom. The Labute approximate surface area is 66.0 Å². The topological polar surface area (TPSA) is 24.7 Å². The van der Waals surface area contributed by atoms with Crippen LogP contribution in [0.15, 0.2) is 34.5 Å². The third-order valence-corrected chi connectivity index (χ3v) is 1.97. The molecule has 1 aromatic carbocycles. The summed E-state index contributed by atoms with van der Waals surface area (Å²) in [7, 11) is 0. The van der Waals surface area contributed by atoms with E-state index in [0.29, 0.717) is 0 Å². The maximum absolute atomic E-state index is 4.16. The zero-order valence-electron chi connectivity index (χ0n) is 6.70. The van der Waals surface area contributed by atoms with E-state index in [4.69, 9.17) is 0 Å². The molecule has 0 bridgehead atoms. The molecule has 0 radical (unpaired) electrons. The van der Waals surface area contributed by atoms with Gasteiger partial charge in [-0.25, -0.2) is 0 Å². The van der Waals surface area contributed by atoms with Crippen LogP contribution in [0.5, 0.6) is 0 Å². The van der Waals surface area contributed by atoms with Gasteiger partial charge in [0.2, 0.25) is 0 Å². The minimum Gasteiger partial charge on any atom is -0.178 e. The van der Waals surface area contributed by atoms with Gasteiger partial charge in [0, 0.05) is 5.56 Å². The van der Waals surface area contributed by atoms with Crippen molar-refractivity contribution in [2.24, 2.45) is 10.2 Å². The van der Waals surface area contributed by atoms with E-state index in [2.05, 4.69) is 30.1 Å².